The zero-order valence-corrected chi connectivity index (χ0v) is 5.36. The molecule has 0 saturated carbocycles. The smallest absolute Gasteiger partial charge is 0.0474 e. The highest BCUT2D eigenvalue weighted by Gasteiger charge is 1.91. The van der Waals surface area contributed by atoms with E-state index in [2.05, 4.69) is 23.2 Å². The highest BCUT2D eigenvalue weighted by atomic mass is 14.8. The second-order valence-electron chi connectivity index (χ2n) is 1.74. The van der Waals surface area contributed by atoms with Crippen LogP contribution in [-0.2, 0) is 0 Å². The van der Waals surface area contributed by atoms with Crippen LogP contribution < -0.4 is 5.32 Å². The van der Waals surface area contributed by atoms with Crippen molar-refractivity contribution >= 4 is 0 Å². The van der Waals surface area contributed by atoms with Crippen LogP contribution in [0.1, 0.15) is 6.92 Å². The van der Waals surface area contributed by atoms with Crippen LogP contribution in [0.2, 0.25) is 0 Å². The van der Waals surface area contributed by atoms with E-state index in [4.69, 9.17) is 0 Å². The molecule has 1 heterocycles. The maximum absolute atomic E-state index is 3.01. The Kier molecular flexibility index (Phi) is 1.98. The molecule has 0 bridgehead atoms. The Labute approximate surface area is 55.5 Å². The highest BCUT2D eigenvalue weighted by molar-refractivity contribution is 5.32. The second kappa shape index (κ2) is 2.99. The van der Waals surface area contributed by atoms with E-state index >= 15 is 0 Å². The van der Waals surface area contributed by atoms with Crippen molar-refractivity contribution in [2.24, 2.45) is 0 Å². The molecule has 0 atom stereocenters. The van der Waals surface area contributed by atoms with E-state index in [1.807, 2.05) is 13.0 Å². The quantitative estimate of drug-likeness (QED) is 0.465. The maximum atomic E-state index is 3.01. The first-order valence-corrected chi connectivity index (χ1v) is 2.86. The summed E-state index contributed by atoms with van der Waals surface area (Å²) in [6.07, 6.45) is 6.61. The number of allylic oxidation sites excluding steroid dienone is 2. The topological polar surface area (TPSA) is 12.0 Å². The van der Waals surface area contributed by atoms with Gasteiger partial charge in [-0.1, -0.05) is 5.92 Å². The number of hydrogen-bond donors (Lipinski definition) is 1. The van der Waals surface area contributed by atoms with Crippen LogP contribution >= 0.6 is 0 Å². The third kappa shape index (κ3) is 1.65. The molecule has 45 valence electrons. The Bertz CT molecular complexity index is 200. The van der Waals surface area contributed by atoms with Gasteiger partial charge in [-0.3, -0.25) is 0 Å². The predicted molar refractivity (Wildman–Crippen MR) is 37.3 cm³/mol. The van der Waals surface area contributed by atoms with Gasteiger partial charge in [0.25, 0.3) is 0 Å². The van der Waals surface area contributed by atoms with Gasteiger partial charge in [-0.25, -0.2) is 0 Å². The largest absolute Gasteiger partial charge is 0.386 e. The van der Waals surface area contributed by atoms with Crippen molar-refractivity contribution in [2.45, 2.75) is 6.92 Å². The van der Waals surface area contributed by atoms with E-state index in [0.717, 1.165) is 12.1 Å². The van der Waals surface area contributed by atoms with Gasteiger partial charge >= 0.3 is 0 Å². The van der Waals surface area contributed by atoms with Gasteiger partial charge in [0.1, 0.15) is 0 Å². The van der Waals surface area contributed by atoms with Crippen molar-refractivity contribution in [1.82, 2.24) is 5.32 Å². The Balaban J connectivity index is 2.65. The Morgan fingerprint density at radius 2 is 2.67 bits per heavy atom. The molecule has 1 aliphatic rings. The molecule has 0 amide bonds. The van der Waals surface area contributed by atoms with Crippen molar-refractivity contribution in [2.75, 3.05) is 6.54 Å². The number of nitrogens with one attached hydrogen (secondary N) is 1. The summed E-state index contributed by atoms with van der Waals surface area (Å²) in [4.78, 5) is 0. The average molecular weight is 118 g/mol. The lowest BCUT2D eigenvalue weighted by atomic mass is 10.2. The molecular weight excluding hydrogens is 110 g/mol. The molecule has 0 aromatic rings. The molecule has 1 heteroatoms. The molecule has 0 aliphatic carbocycles. The molecule has 1 nitrogen and oxygen atoms in total. The summed E-state index contributed by atoms with van der Waals surface area (Å²) < 4.78 is 0. The summed E-state index contributed by atoms with van der Waals surface area (Å²) >= 11 is 0. The van der Waals surface area contributed by atoms with Crippen molar-refractivity contribution in [1.29, 1.82) is 0 Å². The first kappa shape index (κ1) is 5.97. The summed E-state index contributed by atoms with van der Waals surface area (Å²) in [6, 6.07) is 0. The summed E-state index contributed by atoms with van der Waals surface area (Å²) in [7, 11) is 0. The zero-order valence-electron chi connectivity index (χ0n) is 5.36. The molecule has 9 heavy (non-hydrogen) atoms. The molecule has 0 unspecified atom stereocenters. The van der Waals surface area contributed by atoms with E-state index in [-0.39, 0.29) is 0 Å². The van der Waals surface area contributed by atoms with Gasteiger partial charge in [0.2, 0.25) is 0 Å². The second-order valence-corrected chi connectivity index (χ2v) is 1.74. The fourth-order valence-electron chi connectivity index (χ4n) is 0.654. The molecular formula is C8H8N. The Morgan fingerprint density at radius 1 is 1.78 bits per heavy atom. The van der Waals surface area contributed by atoms with Crippen molar-refractivity contribution < 1.29 is 0 Å². The normalized spacial score (nSPS) is 15.0. The van der Waals surface area contributed by atoms with E-state index in [0.29, 0.717) is 0 Å². The van der Waals surface area contributed by atoms with Crippen molar-refractivity contribution in [3.05, 3.63) is 23.9 Å². The average Bonchev–Trinajstić information content (AvgIpc) is 1.91. The van der Waals surface area contributed by atoms with Crippen LogP contribution in [-0.4, -0.2) is 6.54 Å². The zero-order chi connectivity index (χ0) is 6.53. The van der Waals surface area contributed by atoms with Gasteiger partial charge in [-0.15, -0.1) is 5.92 Å². The van der Waals surface area contributed by atoms with Gasteiger partial charge in [-0.2, -0.15) is 0 Å². The van der Waals surface area contributed by atoms with Crippen LogP contribution in [0.5, 0.6) is 0 Å². The number of rotatable bonds is 0. The van der Waals surface area contributed by atoms with Crippen LogP contribution in [0, 0.1) is 17.9 Å². The molecule has 1 radical (unpaired) electrons. The van der Waals surface area contributed by atoms with Crippen LogP contribution in [0.4, 0.5) is 0 Å². The van der Waals surface area contributed by atoms with Crippen LogP contribution in [0.3, 0.4) is 0 Å². The first-order valence-electron chi connectivity index (χ1n) is 2.86. The van der Waals surface area contributed by atoms with Gasteiger partial charge < -0.3 is 5.32 Å². The molecule has 0 aromatic carbocycles. The van der Waals surface area contributed by atoms with E-state index < -0.39 is 0 Å². The monoisotopic (exact) mass is 118 g/mol. The third-order valence-electron chi connectivity index (χ3n) is 1.02. The maximum Gasteiger partial charge on any atom is 0.0474 e. The number of dihydropyridines is 1. The first-order chi connectivity index (χ1) is 4.43. The Morgan fingerprint density at radius 3 is 3.22 bits per heavy atom. The summed E-state index contributed by atoms with van der Waals surface area (Å²) in [5.41, 5.74) is 1.10. The minimum absolute atomic E-state index is 0.841. The molecule has 0 fully saturated rings. The lowest BCUT2D eigenvalue weighted by Gasteiger charge is -2.02. The van der Waals surface area contributed by atoms with Gasteiger partial charge in [0.15, 0.2) is 0 Å². The van der Waals surface area contributed by atoms with Gasteiger partial charge in [0.05, 0.1) is 0 Å². The standard InChI is InChI=1S/C8H8N/c1-2-4-8-5-3-6-9-7-8/h5-6,9H,7H2,1H3. The van der Waals surface area contributed by atoms with E-state index in [1.165, 1.54) is 0 Å². The fraction of sp³-hybridized carbons (Fsp3) is 0.250. The van der Waals surface area contributed by atoms with E-state index in [9.17, 15) is 0 Å². The summed E-state index contributed by atoms with van der Waals surface area (Å²) in [6.45, 7) is 2.67. The fourth-order valence-corrected chi connectivity index (χ4v) is 0.654. The lowest BCUT2D eigenvalue weighted by Crippen LogP contribution is -2.11. The minimum atomic E-state index is 0.841. The summed E-state index contributed by atoms with van der Waals surface area (Å²) in [5.74, 6) is 5.78. The molecule has 0 saturated heterocycles. The molecule has 1 N–H and O–H groups in total. The lowest BCUT2D eigenvalue weighted by molar-refractivity contribution is 0.941. The Hall–Kier alpha value is -1.16. The van der Waals surface area contributed by atoms with Gasteiger partial charge in [-0.05, 0) is 19.1 Å². The van der Waals surface area contributed by atoms with Crippen LogP contribution in [0.15, 0.2) is 17.8 Å². The van der Waals surface area contributed by atoms with Crippen LogP contribution in [0.25, 0.3) is 0 Å². The third-order valence-corrected chi connectivity index (χ3v) is 1.02. The molecule has 1 aliphatic heterocycles. The van der Waals surface area contributed by atoms with Crippen molar-refractivity contribution in [3.63, 3.8) is 0 Å². The molecule has 0 aromatic heterocycles. The highest BCUT2D eigenvalue weighted by Crippen LogP contribution is 1.93. The predicted octanol–water partition coefficient (Wildman–Crippen LogP) is 0.856. The van der Waals surface area contributed by atoms with Gasteiger partial charge in [0, 0.05) is 18.3 Å². The number of hydrogen-bond acceptors (Lipinski definition) is 1. The SMILES string of the molecule is CC#CC1=C[C]=CNC1. The minimum Gasteiger partial charge on any atom is -0.386 e. The summed E-state index contributed by atoms with van der Waals surface area (Å²) in [5, 5.41) is 3.01. The van der Waals surface area contributed by atoms with Crippen molar-refractivity contribution in [3.8, 4) is 11.8 Å². The van der Waals surface area contributed by atoms with E-state index in [1.54, 1.807) is 6.20 Å². The molecule has 1 rings (SSSR count). The molecule has 0 spiro atoms.